The second kappa shape index (κ2) is 5.75. The molecule has 6 nitrogen and oxygen atoms in total. The van der Waals surface area contributed by atoms with Gasteiger partial charge in [-0.2, -0.15) is 5.10 Å². The molecule has 0 fully saturated rings. The van der Waals surface area contributed by atoms with Crippen LogP contribution in [-0.2, 0) is 4.79 Å². The lowest BCUT2D eigenvalue weighted by molar-refractivity contribution is -0.139. The largest absolute Gasteiger partial charge is 0.480 e. The van der Waals surface area contributed by atoms with E-state index in [9.17, 15) is 9.59 Å². The van der Waals surface area contributed by atoms with E-state index >= 15 is 0 Å². The number of hydrogen-bond acceptors (Lipinski definition) is 4. The molecule has 0 saturated heterocycles. The van der Waals surface area contributed by atoms with Gasteiger partial charge in [0, 0.05) is 11.6 Å². The Balaban J connectivity index is 2.33. The molecule has 7 heteroatoms. The minimum atomic E-state index is -1.08. The van der Waals surface area contributed by atoms with Crippen LogP contribution in [0.1, 0.15) is 5.56 Å². The van der Waals surface area contributed by atoms with Gasteiger partial charge in [0.05, 0.1) is 10.7 Å². The monoisotopic (exact) mass is 294 g/mol. The molecule has 2 aromatic rings. The fourth-order valence-electron chi connectivity index (χ4n) is 1.69. The van der Waals surface area contributed by atoms with Gasteiger partial charge in [0.2, 0.25) is 0 Å². The van der Waals surface area contributed by atoms with Gasteiger partial charge in [0.1, 0.15) is 5.75 Å². The van der Waals surface area contributed by atoms with E-state index < -0.39 is 12.6 Å². The standard InChI is InChI=1S/C13H11ClN2O4/c1-7-4-11(17)15-16-13(7)8-2-3-10(9(14)5-8)20-6-12(18)19/h2-5H,6H2,1H3,(H,15,17)(H,18,19). The first kappa shape index (κ1) is 14.1. The summed E-state index contributed by atoms with van der Waals surface area (Å²) in [5.41, 5.74) is 1.73. The van der Waals surface area contributed by atoms with Crippen molar-refractivity contribution in [3.63, 3.8) is 0 Å². The van der Waals surface area contributed by atoms with Gasteiger partial charge in [0.25, 0.3) is 5.56 Å². The zero-order valence-corrected chi connectivity index (χ0v) is 11.3. The molecule has 0 amide bonds. The zero-order chi connectivity index (χ0) is 14.7. The number of carboxylic acid groups (broad SMARTS) is 1. The number of aryl methyl sites for hydroxylation is 1. The molecular formula is C13H11ClN2O4. The Hall–Kier alpha value is -2.34. The molecule has 0 bridgehead atoms. The Morgan fingerprint density at radius 3 is 2.80 bits per heavy atom. The van der Waals surface area contributed by atoms with Gasteiger partial charge in [-0.15, -0.1) is 0 Å². The van der Waals surface area contributed by atoms with Gasteiger partial charge in [-0.1, -0.05) is 11.6 Å². The molecule has 0 aliphatic rings. The summed E-state index contributed by atoms with van der Waals surface area (Å²) < 4.78 is 5.03. The van der Waals surface area contributed by atoms with E-state index in [0.717, 1.165) is 0 Å². The molecule has 0 unspecified atom stereocenters. The fourth-order valence-corrected chi connectivity index (χ4v) is 1.93. The van der Waals surface area contributed by atoms with Crippen molar-refractivity contribution in [2.24, 2.45) is 0 Å². The van der Waals surface area contributed by atoms with Crippen LogP contribution in [0.15, 0.2) is 29.1 Å². The predicted octanol–water partition coefficient (Wildman–Crippen LogP) is 1.86. The third-order valence-electron chi connectivity index (χ3n) is 2.56. The Labute approximate surface area is 119 Å². The minimum absolute atomic E-state index is 0.274. The summed E-state index contributed by atoms with van der Waals surface area (Å²) in [6.45, 7) is 1.30. The van der Waals surface area contributed by atoms with Crippen molar-refractivity contribution in [1.29, 1.82) is 0 Å². The number of rotatable bonds is 4. The van der Waals surface area contributed by atoms with Crippen molar-refractivity contribution in [3.8, 4) is 17.0 Å². The molecule has 104 valence electrons. The van der Waals surface area contributed by atoms with Crippen molar-refractivity contribution in [3.05, 3.63) is 45.2 Å². The third kappa shape index (κ3) is 3.16. The van der Waals surface area contributed by atoms with E-state index in [2.05, 4.69) is 10.2 Å². The lowest BCUT2D eigenvalue weighted by Gasteiger charge is -2.08. The highest BCUT2D eigenvalue weighted by Gasteiger charge is 2.09. The maximum Gasteiger partial charge on any atom is 0.341 e. The molecule has 0 spiro atoms. The quantitative estimate of drug-likeness (QED) is 0.898. The number of H-pyrrole nitrogens is 1. The van der Waals surface area contributed by atoms with E-state index in [1.165, 1.54) is 6.07 Å². The number of aliphatic carboxylic acids is 1. The Kier molecular flexibility index (Phi) is 4.05. The van der Waals surface area contributed by atoms with Gasteiger partial charge >= 0.3 is 5.97 Å². The lowest BCUT2D eigenvalue weighted by atomic mass is 10.1. The van der Waals surface area contributed by atoms with Crippen LogP contribution >= 0.6 is 11.6 Å². The predicted molar refractivity (Wildman–Crippen MR) is 73.2 cm³/mol. The number of halogens is 1. The van der Waals surface area contributed by atoms with Crippen LogP contribution in [0.4, 0.5) is 0 Å². The van der Waals surface area contributed by atoms with Crippen LogP contribution in [0, 0.1) is 6.92 Å². The van der Waals surface area contributed by atoms with Gasteiger partial charge in [-0.3, -0.25) is 4.79 Å². The Morgan fingerprint density at radius 2 is 2.20 bits per heavy atom. The third-order valence-corrected chi connectivity index (χ3v) is 2.85. The second-order valence-corrected chi connectivity index (χ2v) is 4.50. The van der Waals surface area contributed by atoms with Crippen molar-refractivity contribution in [1.82, 2.24) is 10.2 Å². The molecule has 1 aromatic heterocycles. The van der Waals surface area contributed by atoms with E-state index in [1.807, 2.05) is 0 Å². The van der Waals surface area contributed by atoms with Gasteiger partial charge < -0.3 is 9.84 Å². The molecule has 2 rings (SSSR count). The number of carbonyl (C=O) groups is 1. The van der Waals surface area contributed by atoms with E-state index in [0.29, 0.717) is 16.8 Å². The maximum atomic E-state index is 11.1. The summed E-state index contributed by atoms with van der Waals surface area (Å²) in [4.78, 5) is 21.6. The maximum absolute atomic E-state index is 11.1. The summed E-state index contributed by atoms with van der Waals surface area (Å²) in [6.07, 6.45) is 0. The highest BCUT2D eigenvalue weighted by molar-refractivity contribution is 6.32. The summed E-state index contributed by atoms with van der Waals surface area (Å²) in [5, 5.41) is 15.1. The van der Waals surface area contributed by atoms with Crippen molar-refractivity contribution < 1.29 is 14.6 Å². The van der Waals surface area contributed by atoms with Crippen LogP contribution in [0.5, 0.6) is 5.75 Å². The van der Waals surface area contributed by atoms with Crippen LogP contribution in [0.2, 0.25) is 5.02 Å². The number of carboxylic acids is 1. The average Bonchev–Trinajstić information content (AvgIpc) is 2.37. The average molecular weight is 295 g/mol. The smallest absolute Gasteiger partial charge is 0.341 e. The molecule has 0 radical (unpaired) electrons. The zero-order valence-electron chi connectivity index (χ0n) is 10.5. The van der Waals surface area contributed by atoms with E-state index in [1.54, 1.807) is 25.1 Å². The van der Waals surface area contributed by atoms with Crippen molar-refractivity contribution >= 4 is 17.6 Å². The van der Waals surface area contributed by atoms with Crippen LogP contribution < -0.4 is 10.3 Å². The highest BCUT2D eigenvalue weighted by atomic mass is 35.5. The van der Waals surface area contributed by atoms with Gasteiger partial charge in [-0.05, 0) is 30.7 Å². The van der Waals surface area contributed by atoms with Crippen molar-refractivity contribution in [2.75, 3.05) is 6.61 Å². The number of hydrogen-bond donors (Lipinski definition) is 2. The molecule has 1 aromatic carbocycles. The normalized spacial score (nSPS) is 10.3. The van der Waals surface area contributed by atoms with Crippen molar-refractivity contribution in [2.45, 2.75) is 6.92 Å². The summed E-state index contributed by atoms with van der Waals surface area (Å²) in [5.74, 6) is -0.803. The number of ether oxygens (including phenoxy) is 1. The number of nitrogens with zero attached hydrogens (tertiary/aromatic N) is 1. The van der Waals surface area contributed by atoms with Crippen LogP contribution in [0.3, 0.4) is 0 Å². The second-order valence-electron chi connectivity index (χ2n) is 4.09. The Morgan fingerprint density at radius 1 is 1.45 bits per heavy atom. The molecule has 20 heavy (non-hydrogen) atoms. The minimum Gasteiger partial charge on any atom is -0.480 e. The summed E-state index contributed by atoms with van der Waals surface area (Å²) in [6, 6.07) is 6.29. The first-order valence-corrected chi connectivity index (χ1v) is 6.06. The number of benzene rings is 1. The topological polar surface area (TPSA) is 92.3 Å². The van der Waals surface area contributed by atoms with E-state index in [-0.39, 0.29) is 16.3 Å². The molecule has 0 aliphatic heterocycles. The molecular weight excluding hydrogens is 284 g/mol. The van der Waals surface area contributed by atoms with Gasteiger partial charge in [0.15, 0.2) is 6.61 Å². The fraction of sp³-hybridized carbons (Fsp3) is 0.154. The molecule has 0 atom stereocenters. The van der Waals surface area contributed by atoms with Crippen LogP contribution in [0.25, 0.3) is 11.3 Å². The molecule has 1 heterocycles. The molecule has 0 saturated carbocycles. The SMILES string of the molecule is Cc1cc(=O)[nH]nc1-c1ccc(OCC(=O)O)c(Cl)c1. The highest BCUT2D eigenvalue weighted by Crippen LogP contribution is 2.30. The number of nitrogens with one attached hydrogen (secondary N) is 1. The first-order chi connectivity index (χ1) is 9.47. The number of aromatic amines is 1. The van der Waals surface area contributed by atoms with Crippen LogP contribution in [-0.4, -0.2) is 27.9 Å². The summed E-state index contributed by atoms with van der Waals surface area (Å²) in [7, 11) is 0. The first-order valence-electron chi connectivity index (χ1n) is 5.68. The van der Waals surface area contributed by atoms with E-state index in [4.69, 9.17) is 21.4 Å². The summed E-state index contributed by atoms with van der Waals surface area (Å²) >= 11 is 6.03. The number of aromatic nitrogens is 2. The molecule has 0 aliphatic carbocycles. The molecule has 2 N–H and O–H groups in total. The lowest BCUT2D eigenvalue weighted by Crippen LogP contribution is -2.10. The Bertz CT molecular complexity index is 712. The van der Waals surface area contributed by atoms with Gasteiger partial charge in [-0.25, -0.2) is 9.89 Å².